The predicted octanol–water partition coefficient (Wildman–Crippen LogP) is 3.02. The van der Waals surface area contributed by atoms with Gasteiger partial charge in [0, 0.05) is 23.9 Å². The summed E-state index contributed by atoms with van der Waals surface area (Å²) < 4.78 is 10.9. The molecular weight excluding hydrogens is 312 g/mol. The first-order valence-corrected chi connectivity index (χ1v) is 7.25. The van der Waals surface area contributed by atoms with Gasteiger partial charge >= 0.3 is 0 Å². The number of amides is 1. The lowest BCUT2D eigenvalue weighted by molar-refractivity contribution is -0.385. The van der Waals surface area contributed by atoms with Gasteiger partial charge < -0.3 is 14.8 Å². The molecule has 3 rings (SSSR count). The molecule has 7 heteroatoms. The third-order valence-electron chi connectivity index (χ3n) is 3.36. The molecule has 0 radical (unpaired) electrons. The summed E-state index contributed by atoms with van der Waals surface area (Å²) in [5.41, 5.74) is 0.858. The molecule has 0 aromatic heterocycles. The molecule has 1 amide bonds. The Morgan fingerprint density at radius 1 is 1.12 bits per heavy atom. The van der Waals surface area contributed by atoms with E-state index in [1.807, 2.05) is 0 Å². The molecule has 0 fully saturated rings. The van der Waals surface area contributed by atoms with Crippen molar-refractivity contribution in [2.75, 3.05) is 18.5 Å². The number of carbonyl (C=O) groups is 1. The monoisotopic (exact) mass is 326 g/mol. The van der Waals surface area contributed by atoms with Crippen LogP contribution in [0.3, 0.4) is 0 Å². The molecule has 1 aliphatic rings. The highest BCUT2D eigenvalue weighted by Gasteiger charge is 2.13. The maximum absolute atomic E-state index is 12.0. The maximum atomic E-state index is 12.0. The highest BCUT2D eigenvalue weighted by Crippen LogP contribution is 2.32. The van der Waals surface area contributed by atoms with Gasteiger partial charge in [-0.25, -0.2) is 0 Å². The van der Waals surface area contributed by atoms with E-state index in [1.54, 1.807) is 36.4 Å². The Labute approximate surface area is 137 Å². The minimum Gasteiger partial charge on any atom is -0.486 e. The largest absolute Gasteiger partial charge is 0.486 e. The van der Waals surface area contributed by atoms with Crippen LogP contribution in [0, 0.1) is 10.1 Å². The number of nitrogens with zero attached hydrogens (tertiary/aromatic N) is 1. The highest BCUT2D eigenvalue weighted by molar-refractivity contribution is 6.02. The van der Waals surface area contributed by atoms with Gasteiger partial charge in [-0.3, -0.25) is 14.9 Å². The fraction of sp³-hybridized carbons (Fsp3) is 0.118. The number of anilines is 1. The van der Waals surface area contributed by atoms with Crippen molar-refractivity contribution in [1.29, 1.82) is 0 Å². The van der Waals surface area contributed by atoms with Gasteiger partial charge in [0.25, 0.3) is 5.69 Å². The standard InChI is InChI=1S/C17H14N2O5/c20-17(8-5-12-3-1-2-4-14(12)19(21)22)18-13-6-7-15-16(11-13)24-10-9-23-15/h1-8,11H,9-10H2,(H,18,20)/b8-5+. The van der Waals surface area contributed by atoms with E-state index in [0.29, 0.717) is 36.0 Å². The molecule has 7 nitrogen and oxygen atoms in total. The maximum Gasteiger partial charge on any atom is 0.276 e. The number of fused-ring (bicyclic) bond motifs is 1. The SMILES string of the molecule is O=C(/C=C/c1ccccc1[N+](=O)[O-])Nc1ccc2c(c1)OCCO2. The van der Waals surface area contributed by atoms with E-state index in [-0.39, 0.29) is 5.69 Å². The van der Waals surface area contributed by atoms with Crippen LogP contribution in [-0.4, -0.2) is 24.0 Å². The van der Waals surface area contributed by atoms with Gasteiger partial charge in [0.2, 0.25) is 5.91 Å². The van der Waals surface area contributed by atoms with Crippen LogP contribution >= 0.6 is 0 Å². The van der Waals surface area contributed by atoms with Crippen LogP contribution in [0.1, 0.15) is 5.56 Å². The third kappa shape index (κ3) is 3.52. The molecule has 0 unspecified atom stereocenters. The van der Waals surface area contributed by atoms with E-state index in [4.69, 9.17) is 9.47 Å². The van der Waals surface area contributed by atoms with E-state index >= 15 is 0 Å². The van der Waals surface area contributed by atoms with Crippen LogP contribution < -0.4 is 14.8 Å². The summed E-state index contributed by atoms with van der Waals surface area (Å²) >= 11 is 0. The van der Waals surface area contributed by atoms with Crippen molar-refractivity contribution in [1.82, 2.24) is 0 Å². The number of nitro groups is 1. The lowest BCUT2D eigenvalue weighted by Crippen LogP contribution is -2.16. The summed E-state index contributed by atoms with van der Waals surface area (Å²) in [5.74, 6) is 0.807. The van der Waals surface area contributed by atoms with Crippen molar-refractivity contribution in [3.05, 3.63) is 64.2 Å². The second-order valence-electron chi connectivity index (χ2n) is 5.00. The van der Waals surface area contributed by atoms with E-state index in [0.717, 1.165) is 0 Å². The van der Waals surface area contributed by atoms with Crippen LogP contribution in [0.5, 0.6) is 11.5 Å². The van der Waals surface area contributed by atoms with E-state index in [9.17, 15) is 14.9 Å². The zero-order valence-corrected chi connectivity index (χ0v) is 12.6. The Balaban J connectivity index is 1.71. The number of ether oxygens (including phenoxy) is 2. The molecule has 0 aliphatic carbocycles. The second kappa shape index (κ2) is 6.82. The molecular formula is C17H14N2O5. The summed E-state index contributed by atoms with van der Waals surface area (Å²) in [6, 6.07) is 11.3. The zero-order chi connectivity index (χ0) is 16.9. The van der Waals surface area contributed by atoms with Crippen LogP contribution in [-0.2, 0) is 4.79 Å². The first-order valence-electron chi connectivity index (χ1n) is 7.25. The van der Waals surface area contributed by atoms with Crippen molar-refractivity contribution in [3.8, 4) is 11.5 Å². The summed E-state index contributed by atoms with van der Waals surface area (Å²) in [5, 5.41) is 13.6. The molecule has 0 saturated heterocycles. The first kappa shape index (κ1) is 15.5. The number of carbonyl (C=O) groups excluding carboxylic acids is 1. The van der Waals surface area contributed by atoms with Crippen LogP contribution in [0.15, 0.2) is 48.5 Å². The number of para-hydroxylation sites is 1. The topological polar surface area (TPSA) is 90.7 Å². The molecule has 0 atom stereocenters. The smallest absolute Gasteiger partial charge is 0.276 e. The van der Waals surface area contributed by atoms with Gasteiger partial charge in [-0.05, 0) is 24.3 Å². The van der Waals surface area contributed by atoms with Crippen LogP contribution in [0.2, 0.25) is 0 Å². The first-order chi connectivity index (χ1) is 11.6. The van der Waals surface area contributed by atoms with Gasteiger partial charge in [0.15, 0.2) is 11.5 Å². The molecule has 2 aromatic rings. The second-order valence-corrected chi connectivity index (χ2v) is 5.00. The minimum absolute atomic E-state index is 0.0547. The van der Waals surface area contributed by atoms with Crippen molar-refractivity contribution in [3.63, 3.8) is 0 Å². The van der Waals surface area contributed by atoms with E-state index < -0.39 is 10.8 Å². The Kier molecular flexibility index (Phi) is 4.42. The number of rotatable bonds is 4. The number of hydrogen-bond donors (Lipinski definition) is 1. The number of benzene rings is 2. The van der Waals surface area contributed by atoms with Crippen LogP contribution in [0.25, 0.3) is 6.08 Å². The normalized spacial score (nSPS) is 12.8. The lowest BCUT2D eigenvalue weighted by Gasteiger charge is -2.18. The fourth-order valence-corrected chi connectivity index (χ4v) is 2.27. The molecule has 122 valence electrons. The van der Waals surface area contributed by atoms with Crippen molar-refractivity contribution >= 4 is 23.4 Å². The molecule has 24 heavy (non-hydrogen) atoms. The molecule has 0 saturated carbocycles. The summed E-state index contributed by atoms with van der Waals surface area (Å²) in [6.07, 6.45) is 2.66. The molecule has 1 aliphatic heterocycles. The molecule has 0 bridgehead atoms. The highest BCUT2D eigenvalue weighted by atomic mass is 16.6. The Morgan fingerprint density at radius 2 is 1.88 bits per heavy atom. The minimum atomic E-state index is -0.488. The third-order valence-corrected chi connectivity index (χ3v) is 3.36. The zero-order valence-electron chi connectivity index (χ0n) is 12.6. The quantitative estimate of drug-likeness (QED) is 0.530. The molecule has 2 aromatic carbocycles. The van der Waals surface area contributed by atoms with E-state index in [2.05, 4.69) is 5.32 Å². The van der Waals surface area contributed by atoms with Gasteiger partial charge in [-0.2, -0.15) is 0 Å². The number of nitro benzene ring substituents is 1. The van der Waals surface area contributed by atoms with Crippen molar-refractivity contribution < 1.29 is 19.2 Å². The summed E-state index contributed by atoms with van der Waals surface area (Å²) in [6.45, 7) is 0.958. The number of hydrogen-bond acceptors (Lipinski definition) is 5. The fourth-order valence-electron chi connectivity index (χ4n) is 2.27. The average molecular weight is 326 g/mol. The van der Waals surface area contributed by atoms with Gasteiger partial charge in [-0.15, -0.1) is 0 Å². The molecule has 1 N–H and O–H groups in total. The molecule has 1 heterocycles. The lowest BCUT2D eigenvalue weighted by atomic mass is 10.1. The summed E-state index contributed by atoms with van der Waals surface area (Å²) in [4.78, 5) is 22.4. The predicted molar refractivity (Wildman–Crippen MR) is 88.2 cm³/mol. The Hall–Kier alpha value is -3.35. The Morgan fingerprint density at radius 3 is 2.67 bits per heavy atom. The summed E-state index contributed by atoms with van der Waals surface area (Å²) in [7, 11) is 0. The van der Waals surface area contributed by atoms with Crippen LogP contribution in [0.4, 0.5) is 11.4 Å². The van der Waals surface area contributed by atoms with Gasteiger partial charge in [0.05, 0.1) is 10.5 Å². The van der Waals surface area contributed by atoms with Crippen molar-refractivity contribution in [2.24, 2.45) is 0 Å². The van der Waals surface area contributed by atoms with E-state index in [1.165, 1.54) is 18.2 Å². The number of nitrogens with one attached hydrogen (secondary N) is 1. The van der Waals surface area contributed by atoms with Gasteiger partial charge in [0.1, 0.15) is 13.2 Å². The average Bonchev–Trinajstić information content (AvgIpc) is 2.60. The Bertz CT molecular complexity index is 816. The van der Waals surface area contributed by atoms with Gasteiger partial charge in [-0.1, -0.05) is 12.1 Å². The molecule has 0 spiro atoms. The van der Waals surface area contributed by atoms with Crippen molar-refractivity contribution in [2.45, 2.75) is 0 Å².